The van der Waals surface area contributed by atoms with Crippen LogP contribution in [0.5, 0.6) is 0 Å². The van der Waals surface area contributed by atoms with Gasteiger partial charge in [0.15, 0.2) is 5.82 Å². The minimum atomic E-state index is 0.483. The van der Waals surface area contributed by atoms with Crippen LogP contribution in [0.3, 0.4) is 0 Å². The summed E-state index contributed by atoms with van der Waals surface area (Å²) in [6.07, 6.45) is 1.03. The first-order valence-corrected chi connectivity index (χ1v) is 6.40. The second-order valence-corrected chi connectivity index (χ2v) is 4.30. The van der Waals surface area contributed by atoms with E-state index in [4.69, 9.17) is 4.74 Å². The molecule has 0 atom stereocenters. The van der Waals surface area contributed by atoms with Crippen LogP contribution in [0.2, 0.25) is 0 Å². The van der Waals surface area contributed by atoms with Gasteiger partial charge < -0.3 is 10.1 Å². The zero-order chi connectivity index (χ0) is 13.7. The molecule has 0 radical (unpaired) electrons. The summed E-state index contributed by atoms with van der Waals surface area (Å²) in [5.74, 6) is 1.53. The van der Waals surface area contributed by atoms with Crippen molar-refractivity contribution in [3.05, 3.63) is 41.6 Å². The maximum Gasteiger partial charge on any atom is 0.161 e. The van der Waals surface area contributed by atoms with Gasteiger partial charge in [0.1, 0.15) is 5.82 Å². The number of benzene rings is 1. The lowest BCUT2D eigenvalue weighted by atomic mass is 10.1. The van der Waals surface area contributed by atoms with Gasteiger partial charge in [-0.2, -0.15) is 0 Å². The molecule has 0 amide bonds. The molecule has 0 fully saturated rings. The Bertz CT molecular complexity index is 538. The molecule has 19 heavy (non-hydrogen) atoms. The van der Waals surface area contributed by atoms with E-state index in [1.54, 1.807) is 7.11 Å². The molecule has 0 aliphatic rings. The Labute approximate surface area is 113 Å². The molecule has 0 saturated carbocycles. The third kappa shape index (κ3) is 3.29. The molecule has 1 N–H and O–H groups in total. The summed E-state index contributed by atoms with van der Waals surface area (Å²) < 4.78 is 5.14. The first-order valence-electron chi connectivity index (χ1n) is 6.40. The van der Waals surface area contributed by atoms with E-state index >= 15 is 0 Å². The molecule has 2 aromatic rings. The van der Waals surface area contributed by atoms with Crippen molar-refractivity contribution in [1.29, 1.82) is 0 Å². The van der Waals surface area contributed by atoms with Crippen LogP contribution < -0.4 is 5.32 Å². The summed E-state index contributed by atoms with van der Waals surface area (Å²) in [5.41, 5.74) is 3.20. The van der Waals surface area contributed by atoms with E-state index < -0.39 is 0 Å². The average Bonchev–Trinajstić information content (AvgIpc) is 2.47. The van der Waals surface area contributed by atoms with Gasteiger partial charge in [-0.1, -0.05) is 31.2 Å². The predicted molar refractivity (Wildman–Crippen MR) is 77.1 cm³/mol. The van der Waals surface area contributed by atoms with Crippen LogP contribution in [-0.4, -0.2) is 24.1 Å². The van der Waals surface area contributed by atoms with Crippen molar-refractivity contribution < 1.29 is 4.74 Å². The van der Waals surface area contributed by atoms with Gasteiger partial charge in [-0.25, -0.2) is 9.97 Å². The number of methoxy groups -OCH3 is 1. The van der Waals surface area contributed by atoms with E-state index in [0.717, 1.165) is 29.3 Å². The highest BCUT2D eigenvalue weighted by Gasteiger charge is 2.06. The number of nitrogens with zero attached hydrogens (tertiary/aromatic N) is 2. The Morgan fingerprint density at radius 3 is 2.47 bits per heavy atom. The molecule has 4 nitrogen and oxygen atoms in total. The average molecular weight is 257 g/mol. The summed E-state index contributed by atoms with van der Waals surface area (Å²) >= 11 is 0. The number of aromatic nitrogens is 2. The standard InChI is InChI=1S/C15H19N3O/c1-4-11-5-7-12(8-6-11)15-17-13(10-19-3)9-14(16-2)18-15/h5-9H,4,10H2,1-3H3,(H,16,17,18). The molecule has 0 bridgehead atoms. The van der Waals surface area contributed by atoms with Crippen LogP contribution in [0.4, 0.5) is 5.82 Å². The normalized spacial score (nSPS) is 10.5. The van der Waals surface area contributed by atoms with Crippen LogP contribution in [0.1, 0.15) is 18.2 Å². The Kier molecular flexibility index (Phi) is 4.47. The SMILES string of the molecule is CCc1ccc(-c2nc(COC)cc(NC)n2)cc1. The fourth-order valence-electron chi connectivity index (χ4n) is 1.87. The lowest BCUT2D eigenvalue weighted by Gasteiger charge is -2.08. The van der Waals surface area contributed by atoms with E-state index in [0.29, 0.717) is 6.61 Å². The molecule has 1 aromatic carbocycles. The molecule has 4 heteroatoms. The van der Waals surface area contributed by atoms with Crippen molar-refractivity contribution >= 4 is 5.82 Å². The quantitative estimate of drug-likeness (QED) is 0.894. The molecule has 0 saturated heterocycles. The Morgan fingerprint density at radius 2 is 1.89 bits per heavy atom. The molecule has 1 heterocycles. The third-order valence-corrected chi connectivity index (χ3v) is 2.95. The summed E-state index contributed by atoms with van der Waals surface area (Å²) in [4.78, 5) is 9.00. The highest BCUT2D eigenvalue weighted by atomic mass is 16.5. The zero-order valence-electron chi connectivity index (χ0n) is 11.6. The number of hydrogen-bond donors (Lipinski definition) is 1. The minimum Gasteiger partial charge on any atom is -0.378 e. The van der Waals surface area contributed by atoms with E-state index in [1.165, 1.54) is 5.56 Å². The fourth-order valence-corrected chi connectivity index (χ4v) is 1.87. The Hall–Kier alpha value is -1.94. The van der Waals surface area contributed by atoms with Gasteiger partial charge in [0, 0.05) is 25.8 Å². The second-order valence-electron chi connectivity index (χ2n) is 4.30. The van der Waals surface area contributed by atoms with Crippen LogP contribution in [-0.2, 0) is 17.8 Å². The molecule has 100 valence electrons. The summed E-state index contributed by atoms with van der Waals surface area (Å²) in [6, 6.07) is 10.2. The number of nitrogens with one attached hydrogen (secondary N) is 1. The predicted octanol–water partition coefficient (Wildman–Crippen LogP) is 2.89. The molecule has 0 aliphatic heterocycles. The number of rotatable bonds is 5. The van der Waals surface area contributed by atoms with Gasteiger partial charge >= 0.3 is 0 Å². The minimum absolute atomic E-state index is 0.483. The highest BCUT2D eigenvalue weighted by molar-refractivity contribution is 5.58. The fraction of sp³-hybridized carbons (Fsp3) is 0.333. The number of hydrogen-bond acceptors (Lipinski definition) is 4. The molecule has 1 aromatic heterocycles. The lowest BCUT2D eigenvalue weighted by Crippen LogP contribution is -2.01. The molecule has 0 unspecified atom stereocenters. The van der Waals surface area contributed by atoms with Crippen molar-refractivity contribution in [2.45, 2.75) is 20.0 Å². The second kappa shape index (κ2) is 6.29. The molecular weight excluding hydrogens is 238 g/mol. The van der Waals surface area contributed by atoms with Crippen LogP contribution in [0, 0.1) is 0 Å². The number of anilines is 1. The number of aryl methyl sites for hydroxylation is 1. The first kappa shape index (κ1) is 13.5. The van der Waals surface area contributed by atoms with Crippen molar-refractivity contribution in [3.63, 3.8) is 0 Å². The summed E-state index contributed by atoms with van der Waals surface area (Å²) in [6.45, 7) is 2.63. The van der Waals surface area contributed by atoms with Crippen molar-refractivity contribution in [2.24, 2.45) is 0 Å². The van der Waals surface area contributed by atoms with Crippen LogP contribution >= 0.6 is 0 Å². The number of ether oxygens (including phenoxy) is 1. The molecular formula is C15H19N3O. The van der Waals surface area contributed by atoms with Crippen molar-refractivity contribution in [1.82, 2.24) is 9.97 Å². The zero-order valence-corrected chi connectivity index (χ0v) is 11.6. The Balaban J connectivity index is 2.38. The van der Waals surface area contributed by atoms with E-state index in [2.05, 4.69) is 46.5 Å². The molecule has 2 rings (SSSR count). The van der Waals surface area contributed by atoms with E-state index in [1.807, 2.05) is 13.1 Å². The maximum absolute atomic E-state index is 5.14. The van der Waals surface area contributed by atoms with E-state index in [-0.39, 0.29) is 0 Å². The van der Waals surface area contributed by atoms with Gasteiger partial charge in [-0.3, -0.25) is 0 Å². The van der Waals surface area contributed by atoms with E-state index in [9.17, 15) is 0 Å². The lowest BCUT2D eigenvalue weighted by molar-refractivity contribution is 0.181. The third-order valence-electron chi connectivity index (χ3n) is 2.95. The van der Waals surface area contributed by atoms with Gasteiger partial charge in [0.25, 0.3) is 0 Å². The van der Waals surface area contributed by atoms with Crippen LogP contribution in [0.15, 0.2) is 30.3 Å². The van der Waals surface area contributed by atoms with Gasteiger partial charge in [-0.15, -0.1) is 0 Å². The Morgan fingerprint density at radius 1 is 1.16 bits per heavy atom. The van der Waals surface area contributed by atoms with Crippen LogP contribution in [0.25, 0.3) is 11.4 Å². The van der Waals surface area contributed by atoms with Crippen molar-refractivity contribution in [2.75, 3.05) is 19.5 Å². The monoisotopic (exact) mass is 257 g/mol. The van der Waals surface area contributed by atoms with Gasteiger partial charge in [0.05, 0.1) is 12.3 Å². The summed E-state index contributed by atoms with van der Waals surface area (Å²) in [5, 5.41) is 3.05. The smallest absolute Gasteiger partial charge is 0.161 e. The highest BCUT2D eigenvalue weighted by Crippen LogP contribution is 2.19. The molecule has 0 spiro atoms. The summed E-state index contributed by atoms with van der Waals surface area (Å²) in [7, 11) is 3.51. The molecule has 0 aliphatic carbocycles. The van der Waals surface area contributed by atoms with Gasteiger partial charge in [0.2, 0.25) is 0 Å². The maximum atomic E-state index is 5.14. The van der Waals surface area contributed by atoms with Gasteiger partial charge in [-0.05, 0) is 12.0 Å². The first-order chi connectivity index (χ1) is 9.26. The van der Waals surface area contributed by atoms with Crippen molar-refractivity contribution in [3.8, 4) is 11.4 Å². The largest absolute Gasteiger partial charge is 0.378 e. The topological polar surface area (TPSA) is 47.0 Å².